The fraction of sp³-hybridized carbons (Fsp3) is 0.533. The van der Waals surface area contributed by atoms with Gasteiger partial charge in [-0.3, -0.25) is 0 Å². The molecule has 0 saturated carbocycles. The largest absolute Gasteiger partial charge is 0.479 e. The van der Waals surface area contributed by atoms with Gasteiger partial charge in [-0.1, -0.05) is 13.3 Å². The molecule has 1 N–H and O–H groups in total. The summed E-state index contributed by atoms with van der Waals surface area (Å²) in [4.78, 5) is 11.7. The first-order chi connectivity index (χ1) is 9.49. The van der Waals surface area contributed by atoms with Crippen LogP contribution >= 0.6 is 0 Å². The maximum Gasteiger partial charge on any atom is 0.347 e. The monoisotopic (exact) mass is 284 g/mol. The molecule has 0 aliphatic carbocycles. The maximum atomic E-state index is 13.7. The Balaban J connectivity index is 2.83. The van der Waals surface area contributed by atoms with Crippen LogP contribution in [0.3, 0.4) is 0 Å². The summed E-state index contributed by atoms with van der Waals surface area (Å²) in [5.41, 5.74) is 0.195. The van der Waals surface area contributed by atoms with Gasteiger partial charge in [0.2, 0.25) is 0 Å². The lowest BCUT2D eigenvalue weighted by Gasteiger charge is -2.17. The van der Waals surface area contributed by atoms with E-state index in [4.69, 9.17) is 9.47 Å². The van der Waals surface area contributed by atoms with E-state index in [2.05, 4.69) is 0 Å². The summed E-state index contributed by atoms with van der Waals surface area (Å²) in [6, 6.07) is 4.15. The second-order valence-corrected chi connectivity index (χ2v) is 4.51. The molecule has 1 rings (SSSR count). The van der Waals surface area contributed by atoms with Crippen molar-refractivity contribution < 1.29 is 23.8 Å². The summed E-state index contributed by atoms with van der Waals surface area (Å²) in [5.74, 6) is -0.760. The highest BCUT2D eigenvalue weighted by Crippen LogP contribution is 2.23. The van der Waals surface area contributed by atoms with Crippen LogP contribution in [0.4, 0.5) is 4.39 Å². The number of hydrogen-bond donors (Lipinski definition) is 1. The molecule has 0 saturated heterocycles. The average Bonchev–Trinajstić information content (AvgIpc) is 2.38. The third kappa shape index (κ3) is 4.49. The van der Waals surface area contributed by atoms with Gasteiger partial charge in [-0.2, -0.15) is 0 Å². The molecule has 0 heterocycles. The zero-order chi connectivity index (χ0) is 15.1. The van der Waals surface area contributed by atoms with Gasteiger partial charge in [-0.25, -0.2) is 9.18 Å². The Kier molecular flexibility index (Phi) is 6.45. The lowest BCUT2D eigenvalue weighted by molar-refractivity contribution is -0.151. The maximum absolute atomic E-state index is 13.7. The van der Waals surface area contributed by atoms with Crippen LogP contribution in [0.5, 0.6) is 5.75 Å². The number of esters is 1. The highest BCUT2D eigenvalue weighted by Gasteiger charge is 2.21. The van der Waals surface area contributed by atoms with Crippen LogP contribution in [-0.2, 0) is 9.53 Å². The topological polar surface area (TPSA) is 55.8 Å². The minimum absolute atomic E-state index is 0.195. The second-order valence-electron chi connectivity index (χ2n) is 4.51. The average molecular weight is 284 g/mol. The molecule has 0 aliphatic rings. The highest BCUT2D eigenvalue weighted by atomic mass is 19.1. The predicted molar refractivity (Wildman–Crippen MR) is 73.0 cm³/mol. The minimum atomic E-state index is -0.888. The molecular weight excluding hydrogens is 263 g/mol. The summed E-state index contributed by atoms with van der Waals surface area (Å²) >= 11 is 0. The fourth-order valence-corrected chi connectivity index (χ4v) is 1.81. The van der Waals surface area contributed by atoms with E-state index in [1.807, 2.05) is 6.92 Å². The number of hydrogen-bond acceptors (Lipinski definition) is 4. The van der Waals surface area contributed by atoms with E-state index >= 15 is 0 Å². The molecule has 0 amide bonds. The molecule has 0 aromatic heterocycles. The molecular formula is C15H21FO4. The Labute approximate surface area is 118 Å². The van der Waals surface area contributed by atoms with Gasteiger partial charge in [-0.15, -0.1) is 0 Å². The number of ether oxygens (including phenoxy) is 2. The molecule has 1 unspecified atom stereocenters. The molecule has 0 aliphatic heterocycles. The van der Waals surface area contributed by atoms with Crippen LogP contribution in [0.2, 0.25) is 0 Å². The molecule has 4 nitrogen and oxygen atoms in total. The van der Waals surface area contributed by atoms with Crippen molar-refractivity contribution in [3.8, 4) is 5.75 Å². The zero-order valence-electron chi connectivity index (χ0n) is 12.1. The van der Waals surface area contributed by atoms with E-state index in [-0.39, 0.29) is 17.9 Å². The fourth-order valence-electron chi connectivity index (χ4n) is 1.81. The van der Waals surface area contributed by atoms with Crippen LogP contribution in [0, 0.1) is 5.82 Å². The third-order valence-corrected chi connectivity index (χ3v) is 2.80. The van der Waals surface area contributed by atoms with Crippen molar-refractivity contribution in [3.05, 3.63) is 29.6 Å². The van der Waals surface area contributed by atoms with E-state index in [0.717, 1.165) is 6.42 Å². The Morgan fingerprint density at radius 2 is 2.10 bits per heavy atom. The number of aliphatic hydroxyl groups excluding tert-OH is 1. The van der Waals surface area contributed by atoms with Gasteiger partial charge in [-0.05, 0) is 32.4 Å². The smallest absolute Gasteiger partial charge is 0.347 e. The molecule has 0 bridgehead atoms. The Hall–Kier alpha value is -1.62. The lowest BCUT2D eigenvalue weighted by atomic mass is 10.1. The van der Waals surface area contributed by atoms with Gasteiger partial charge < -0.3 is 14.6 Å². The van der Waals surface area contributed by atoms with Gasteiger partial charge in [0.25, 0.3) is 0 Å². The molecule has 0 spiro atoms. The van der Waals surface area contributed by atoms with Gasteiger partial charge in [0.15, 0.2) is 6.10 Å². The summed E-state index contributed by atoms with van der Waals surface area (Å²) in [5, 5.41) is 9.36. The summed E-state index contributed by atoms with van der Waals surface area (Å²) in [6.07, 6.45) is -0.381. The molecule has 5 heteroatoms. The zero-order valence-corrected chi connectivity index (χ0v) is 12.1. The van der Waals surface area contributed by atoms with Crippen LogP contribution in [0.1, 0.15) is 45.3 Å². The van der Waals surface area contributed by atoms with Gasteiger partial charge in [0.05, 0.1) is 12.7 Å². The summed E-state index contributed by atoms with van der Waals surface area (Å²) in [6.45, 7) is 5.40. The molecule has 1 aromatic carbocycles. The minimum Gasteiger partial charge on any atom is -0.479 e. The van der Waals surface area contributed by atoms with Crippen LogP contribution in [0.15, 0.2) is 18.2 Å². The molecule has 0 radical (unpaired) electrons. The SMILES string of the molecule is CCCC(Oc1ccc([C@@H](C)O)c(F)c1)C(=O)OCC. The number of rotatable bonds is 7. The first kappa shape index (κ1) is 16.4. The third-order valence-electron chi connectivity index (χ3n) is 2.80. The van der Waals surface area contributed by atoms with E-state index in [0.29, 0.717) is 6.42 Å². The van der Waals surface area contributed by atoms with Crippen molar-refractivity contribution in [2.24, 2.45) is 0 Å². The highest BCUT2D eigenvalue weighted by molar-refractivity contribution is 5.75. The van der Waals surface area contributed by atoms with Crippen molar-refractivity contribution in [1.82, 2.24) is 0 Å². The number of benzene rings is 1. The molecule has 0 fully saturated rings. The second kappa shape index (κ2) is 7.85. The Morgan fingerprint density at radius 3 is 2.60 bits per heavy atom. The van der Waals surface area contributed by atoms with Gasteiger partial charge >= 0.3 is 5.97 Å². The standard InChI is InChI=1S/C15H21FO4/c1-4-6-14(15(18)19-5-2)20-11-7-8-12(10(3)17)13(16)9-11/h7-10,14,17H,4-6H2,1-3H3/t10-,14?/m1/s1. The predicted octanol–water partition coefficient (Wildman–Crippen LogP) is 2.99. The number of aliphatic hydroxyl groups is 1. The first-order valence-electron chi connectivity index (χ1n) is 6.80. The molecule has 20 heavy (non-hydrogen) atoms. The van der Waals surface area contributed by atoms with E-state index in [1.54, 1.807) is 6.92 Å². The van der Waals surface area contributed by atoms with Crippen LogP contribution in [-0.4, -0.2) is 23.8 Å². The van der Waals surface area contributed by atoms with E-state index in [1.165, 1.54) is 25.1 Å². The number of carbonyl (C=O) groups is 1. The van der Waals surface area contributed by atoms with Crippen molar-refractivity contribution in [3.63, 3.8) is 0 Å². The normalized spacial score (nSPS) is 13.7. The van der Waals surface area contributed by atoms with Crippen molar-refractivity contribution in [1.29, 1.82) is 0 Å². The van der Waals surface area contributed by atoms with E-state index in [9.17, 15) is 14.3 Å². The summed E-state index contributed by atoms with van der Waals surface area (Å²) in [7, 11) is 0. The lowest BCUT2D eigenvalue weighted by Crippen LogP contribution is -2.29. The van der Waals surface area contributed by atoms with Crippen LogP contribution in [0.25, 0.3) is 0 Å². The Morgan fingerprint density at radius 1 is 1.40 bits per heavy atom. The first-order valence-corrected chi connectivity index (χ1v) is 6.80. The van der Waals surface area contributed by atoms with E-state index < -0.39 is 24.0 Å². The quantitative estimate of drug-likeness (QED) is 0.782. The van der Waals surface area contributed by atoms with Crippen molar-refractivity contribution in [2.45, 2.75) is 45.8 Å². The number of carbonyl (C=O) groups excluding carboxylic acids is 1. The van der Waals surface area contributed by atoms with Crippen molar-refractivity contribution in [2.75, 3.05) is 6.61 Å². The molecule has 2 atom stereocenters. The van der Waals surface area contributed by atoms with Crippen LogP contribution < -0.4 is 4.74 Å². The Bertz CT molecular complexity index is 445. The summed E-state index contributed by atoms with van der Waals surface area (Å²) < 4.78 is 24.1. The molecule has 1 aromatic rings. The number of halogens is 1. The van der Waals surface area contributed by atoms with Crippen molar-refractivity contribution >= 4 is 5.97 Å². The van der Waals surface area contributed by atoms with Gasteiger partial charge in [0.1, 0.15) is 11.6 Å². The van der Waals surface area contributed by atoms with Gasteiger partial charge in [0, 0.05) is 11.6 Å². The molecule has 112 valence electrons.